The molecule has 0 aromatic heterocycles. The number of para-hydroxylation sites is 1. The molecule has 28 heavy (non-hydrogen) atoms. The molecule has 2 aromatic carbocycles. The highest BCUT2D eigenvalue weighted by molar-refractivity contribution is 7.89. The number of carbonyl (C=O) groups is 1. The van der Waals surface area contributed by atoms with Gasteiger partial charge in [-0.1, -0.05) is 12.1 Å². The molecular weight excluding hydrogens is 398 g/mol. The Morgan fingerprint density at radius 3 is 2.36 bits per heavy atom. The molecule has 0 heterocycles. The highest BCUT2D eigenvalue weighted by atomic mass is 32.2. The Morgan fingerprint density at radius 1 is 1.11 bits per heavy atom. The molecule has 0 saturated heterocycles. The van der Waals surface area contributed by atoms with Crippen LogP contribution in [0.25, 0.3) is 0 Å². The van der Waals surface area contributed by atoms with E-state index in [-0.39, 0.29) is 16.0 Å². The number of sulfonamides is 1. The van der Waals surface area contributed by atoms with Crippen molar-refractivity contribution < 1.29 is 17.9 Å². The molecule has 0 atom stereocenters. The summed E-state index contributed by atoms with van der Waals surface area (Å²) < 4.78 is 32.2. The van der Waals surface area contributed by atoms with E-state index in [0.29, 0.717) is 23.6 Å². The highest BCUT2D eigenvalue weighted by Crippen LogP contribution is 2.18. The van der Waals surface area contributed by atoms with Gasteiger partial charge in [0.05, 0.1) is 17.1 Å². The van der Waals surface area contributed by atoms with Crippen LogP contribution >= 0.6 is 12.2 Å². The molecule has 3 N–H and O–H groups in total. The first-order chi connectivity index (χ1) is 13.2. The number of ether oxygens (including phenoxy) is 1. The molecular formula is C19H23N3O4S2. The fraction of sp³-hybridized carbons (Fsp3) is 0.263. The van der Waals surface area contributed by atoms with Crippen molar-refractivity contribution in [3.05, 3.63) is 54.1 Å². The second-order valence-corrected chi connectivity index (χ2v) is 8.26. The van der Waals surface area contributed by atoms with E-state index in [2.05, 4.69) is 15.4 Å². The molecule has 0 unspecified atom stereocenters. The summed E-state index contributed by atoms with van der Waals surface area (Å²) in [6.07, 6.45) is 0. The van der Waals surface area contributed by atoms with Gasteiger partial charge in [-0.25, -0.2) is 13.1 Å². The molecule has 1 amide bonds. The van der Waals surface area contributed by atoms with Gasteiger partial charge in [0.2, 0.25) is 10.0 Å². The van der Waals surface area contributed by atoms with Gasteiger partial charge in [-0.15, -0.1) is 0 Å². The van der Waals surface area contributed by atoms with Gasteiger partial charge in [0.25, 0.3) is 5.91 Å². The Bertz CT molecular complexity index is 942. The van der Waals surface area contributed by atoms with Crippen LogP contribution in [0.4, 0.5) is 5.69 Å². The quantitative estimate of drug-likeness (QED) is 0.595. The van der Waals surface area contributed by atoms with E-state index in [4.69, 9.17) is 17.0 Å². The lowest BCUT2D eigenvalue weighted by molar-refractivity contribution is 0.0974. The van der Waals surface area contributed by atoms with Crippen LogP contribution in [-0.4, -0.2) is 32.1 Å². The molecule has 7 nitrogen and oxygen atoms in total. The lowest BCUT2D eigenvalue weighted by Gasteiger charge is -2.13. The molecule has 0 bridgehead atoms. The van der Waals surface area contributed by atoms with E-state index in [1.54, 1.807) is 50.2 Å². The number of carbonyl (C=O) groups excluding carboxylic acids is 1. The summed E-state index contributed by atoms with van der Waals surface area (Å²) in [6, 6.07) is 12.7. The van der Waals surface area contributed by atoms with Gasteiger partial charge >= 0.3 is 0 Å². The van der Waals surface area contributed by atoms with Crippen LogP contribution in [0.1, 0.15) is 31.1 Å². The Labute approximate surface area is 170 Å². The zero-order valence-corrected chi connectivity index (χ0v) is 17.5. The first-order valence-electron chi connectivity index (χ1n) is 8.69. The minimum atomic E-state index is -3.56. The van der Waals surface area contributed by atoms with Crippen molar-refractivity contribution in [1.29, 1.82) is 0 Å². The summed E-state index contributed by atoms with van der Waals surface area (Å²) in [4.78, 5) is 12.6. The maximum atomic E-state index is 12.4. The third-order valence-electron chi connectivity index (χ3n) is 3.47. The number of rotatable bonds is 7. The lowest BCUT2D eigenvalue weighted by atomic mass is 10.2. The monoisotopic (exact) mass is 421 g/mol. The number of nitrogens with one attached hydrogen (secondary N) is 3. The van der Waals surface area contributed by atoms with Crippen LogP contribution in [0.5, 0.6) is 5.75 Å². The molecule has 0 spiro atoms. The Balaban J connectivity index is 2.03. The Kier molecular flexibility index (Phi) is 7.50. The van der Waals surface area contributed by atoms with Gasteiger partial charge in [0, 0.05) is 11.7 Å². The lowest BCUT2D eigenvalue weighted by Crippen LogP contribution is -2.34. The second kappa shape index (κ2) is 9.63. The minimum Gasteiger partial charge on any atom is -0.493 e. The predicted molar refractivity (Wildman–Crippen MR) is 113 cm³/mol. The largest absolute Gasteiger partial charge is 0.493 e. The molecule has 2 aromatic rings. The molecule has 0 aliphatic carbocycles. The van der Waals surface area contributed by atoms with E-state index in [1.165, 1.54) is 12.1 Å². The number of thiocarbonyl (C=S) groups is 1. The summed E-state index contributed by atoms with van der Waals surface area (Å²) in [5.41, 5.74) is 0.918. The Hall–Kier alpha value is -2.49. The topological polar surface area (TPSA) is 96.5 Å². The molecule has 0 aliphatic heterocycles. The normalized spacial score (nSPS) is 11.1. The van der Waals surface area contributed by atoms with Crippen molar-refractivity contribution in [2.45, 2.75) is 31.7 Å². The van der Waals surface area contributed by atoms with Crippen molar-refractivity contribution in [3.8, 4) is 5.75 Å². The number of anilines is 1. The van der Waals surface area contributed by atoms with Crippen molar-refractivity contribution in [2.75, 3.05) is 11.9 Å². The molecule has 150 valence electrons. The van der Waals surface area contributed by atoms with E-state index in [9.17, 15) is 13.2 Å². The van der Waals surface area contributed by atoms with Gasteiger partial charge in [-0.05, 0) is 69.4 Å². The minimum absolute atomic E-state index is 0.0900. The van der Waals surface area contributed by atoms with Crippen molar-refractivity contribution in [1.82, 2.24) is 10.0 Å². The van der Waals surface area contributed by atoms with Gasteiger partial charge in [0.1, 0.15) is 5.75 Å². The van der Waals surface area contributed by atoms with E-state index in [1.807, 2.05) is 6.92 Å². The standard InChI is InChI=1S/C19H23N3O4S2/c1-4-26-17-8-6-5-7-16(17)18(23)21-19(27)20-14-9-11-15(12-10-14)28(24,25)22-13(2)3/h5-13,22H,4H2,1-3H3,(H2,20,21,23,27). The summed E-state index contributed by atoms with van der Waals surface area (Å²) >= 11 is 5.17. The van der Waals surface area contributed by atoms with Crippen LogP contribution in [-0.2, 0) is 10.0 Å². The van der Waals surface area contributed by atoms with Gasteiger partial charge < -0.3 is 10.1 Å². The SMILES string of the molecule is CCOc1ccccc1C(=O)NC(=S)Nc1ccc(S(=O)(=O)NC(C)C)cc1. The van der Waals surface area contributed by atoms with Crippen molar-refractivity contribution in [2.24, 2.45) is 0 Å². The number of hydrogen-bond donors (Lipinski definition) is 3. The zero-order valence-electron chi connectivity index (χ0n) is 15.9. The molecule has 0 aliphatic rings. The summed E-state index contributed by atoms with van der Waals surface area (Å²) in [7, 11) is -3.56. The molecule has 2 rings (SSSR count). The fourth-order valence-electron chi connectivity index (χ4n) is 2.36. The smallest absolute Gasteiger partial charge is 0.261 e. The maximum absolute atomic E-state index is 12.4. The third-order valence-corrected chi connectivity index (χ3v) is 5.35. The van der Waals surface area contributed by atoms with Crippen LogP contribution in [0.3, 0.4) is 0 Å². The number of benzene rings is 2. The van der Waals surface area contributed by atoms with E-state index in [0.717, 1.165) is 0 Å². The zero-order chi connectivity index (χ0) is 20.7. The number of hydrogen-bond acceptors (Lipinski definition) is 5. The van der Waals surface area contributed by atoms with Crippen LogP contribution in [0.2, 0.25) is 0 Å². The van der Waals surface area contributed by atoms with E-state index < -0.39 is 15.9 Å². The van der Waals surface area contributed by atoms with Crippen molar-refractivity contribution in [3.63, 3.8) is 0 Å². The summed E-state index contributed by atoms with van der Waals surface area (Å²) in [5.74, 6) is 0.0689. The van der Waals surface area contributed by atoms with Crippen molar-refractivity contribution >= 4 is 38.9 Å². The molecule has 0 saturated carbocycles. The van der Waals surface area contributed by atoms with Crippen LogP contribution < -0.4 is 20.1 Å². The first-order valence-corrected chi connectivity index (χ1v) is 10.6. The van der Waals surface area contributed by atoms with Gasteiger partial charge in [0.15, 0.2) is 5.11 Å². The maximum Gasteiger partial charge on any atom is 0.261 e. The number of amides is 1. The first kappa shape index (κ1) is 21.8. The fourth-order valence-corrected chi connectivity index (χ4v) is 3.83. The molecule has 0 fully saturated rings. The predicted octanol–water partition coefficient (Wildman–Crippen LogP) is 2.90. The molecule has 0 radical (unpaired) electrons. The third kappa shape index (κ3) is 6.01. The van der Waals surface area contributed by atoms with E-state index >= 15 is 0 Å². The van der Waals surface area contributed by atoms with Gasteiger partial charge in [-0.2, -0.15) is 0 Å². The van der Waals surface area contributed by atoms with Crippen LogP contribution in [0, 0.1) is 0 Å². The molecule has 9 heteroatoms. The van der Waals surface area contributed by atoms with Gasteiger partial charge in [-0.3, -0.25) is 10.1 Å². The second-order valence-electron chi connectivity index (χ2n) is 6.14. The highest BCUT2D eigenvalue weighted by Gasteiger charge is 2.16. The average molecular weight is 422 g/mol. The summed E-state index contributed by atoms with van der Waals surface area (Å²) in [5, 5.41) is 5.53. The average Bonchev–Trinajstić information content (AvgIpc) is 2.61. The summed E-state index contributed by atoms with van der Waals surface area (Å²) in [6.45, 7) is 5.77. The Morgan fingerprint density at radius 2 is 1.75 bits per heavy atom. The van der Waals surface area contributed by atoms with Crippen LogP contribution in [0.15, 0.2) is 53.4 Å².